The van der Waals surface area contributed by atoms with E-state index in [1.807, 2.05) is 19.1 Å². The van der Waals surface area contributed by atoms with Crippen LogP contribution in [0.3, 0.4) is 0 Å². The number of aryl methyl sites for hydroxylation is 1. The Morgan fingerprint density at radius 3 is 2.56 bits per heavy atom. The quantitative estimate of drug-likeness (QED) is 0.744. The number of methoxy groups -OCH3 is 1. The number of thioether (sulfide) groups is 1. The molecule has 0 unspecified atom stereocenters. The van der Waals surface area contributed by atoms with Crippen LogP contribution in [0.5, 0.6) is 5.75 Å². The Morgan fingerprint density at radius 2 is 1.96 bits per heavy atom. The van der Waals surface area contributed by atoms with Gasteiger partial charge in [-0.1, -0.05) is 31.2 Å². The Morgan fingerprint density at radius 1 is 1.24 bits per heavy atom. The van der Waals surface area contributed by atoms with Gasteiger partial charge in [-0.3, -0.25) is 4.79 Å². The van der Waals surface area contributed by atoms with Gasteiger partial charge in [-0.05, 0) is 48.2 Å². The minimum Gasteiger partial charge on any atom is -0.496 e. The summed E-state index contributed by atoms with van der Waals surface area (Å²) in [5.41, 5.74) is 3.15. The third-order valence-electron chi connectivity index (χ3n) is 3.98. The zero-order valence-corrected chi connectivity index (χ0v) is 15.7. The van der Waals surface area contributed by atoms with Crippen molar-refractivity contribution in [2.45, 2.75) is 32.1 Å². The van der Waals surface area contributed by atoms with E-state index < -0.39 is 0 Å². The first-order valence-electron chi connectivity index (χ1n) is 8.29. The predicted molar refractivity (Wildman–Crippen MR) is 101 cm³/mol. The van der Waals surface area contributed by atoms with Crippen LogP contribution in [0.1, 0.15) is 36.1 Å². The molecule has 2 aromatic carbocycles. The van der Waals surface area contributed by atoms with Gasteiger partial charge < -0.3 is 10.1 Å². The van der Waals surface area contributed by atoms with Gasteiger partial charge in [0, 0.05) is 5.75 Å². The van der Waals surface area contributed by atoms with Gasteiger partial charge in [-0.15, -0.1) is 11.8 Å². The van der Waals surface area contributed by atoms with E-state index in [1.54, 1.807) is 19.2 Å². The molecule has 0 aliphatic carbocycles. The first-order chi connectivity index (χ1) is 12.0. The lowest BCUT2D eigenvalue weighted by atomic mass is 10.0. The second-order valence-electron chi connectivity index (χ2n) is 5.88. The molecule has 1 atom stereocenters. The number of carbonyl (C=O) groups is 1. The second-order valence-corrected chi connectivity index (χ2v) is 6.86. The summed E-state index contributed by atoms with van der Waals surface area (Å²) < 4.78 is 18.2. The zero-order valence-electron chi connectivity index (χ0n) is 14.8. The summed E-state index contributed by atoms with van der Waals surface area (Å²) in [6.07, 6.45) is 0.820. The Labute approximate surface area is 153 Å². The molecule has 134 valence electrons. The summed E-state index contributed by atoms with van der Waals surface area (Å²) in [4.78, 5) is 12.2. The predicted octanol–water partition coefficient (Wildman–Crippen LogP) is 4.64. The molecule has 3 nitrogen and oxygen atoms in total. The normalized spacial score (nSPS) is 11.8. The number of nitrogens with one attached hydrogen (secondary N) is 1. The summed E-state index contributed by atoms with van der Waals surface area (Å²) in [6, 6.07) is 12.3. The molecule has 0 spiro atoms. The third kappa shape index (κ3) is 5.78. The largest absolute Gasteiger partial charge is 0.496 e. The van der Waals surface area contributed by atoms with Crippen molar-refractivity contribution in [2.24, 2.45) is 0 Å². The first-order valence-corrected chi connectivity index (χ1v) is 9.45. The lowest BCUT2D eigenvalue weighted by molar-refractivity contribution is -0.119. The van der Waals surface area contributed by atoms with Crippen LogP contribution in [0.25, 0.3) is 0 Å². The third-order valence-corrected chi connectivity index (χ3v) is 4.98. The van der Waals surface area contributed by atoms with Crippen molar-refractivity contribution < 1.29 is 13.9 Å². The highest BCUT2D eigenvalue weighted by Crippen LogP contribution is 2.24. The fraction of sp³-hybridized carbons (Fsp3) is 0.350. The average Bonchev–Trinajstić information content (AvgIpc) is 2.61. The van der Waals surface area contributed by atoms with Crippen LogP contribution in [0.4, 0.5) is 4.39 Å². The molecular weight excluding hydrogens is 337 g/mol. The fourth-order valence-electron chi connectivity index (χ4n) is 2.62. The van der Waals surface area contributed by atoms with Gasteiger partial charge in [0.1, 0.15) is 11.6 Å². The highest BCUT2D eigenvalue weighted by molar-refractivity contribution is 7.99. The maximum absolute atomic E-state index is 12.9. The molecule has 25 heavy (non-hydrogen) atoms. The maximum atomic E-state index is 12.9. The van der Waals surface area contributed by atoms with Crippen LogP contribution in [-0.2, 0) is 10.5 Å². The van der Waals surface area contributed by atoms with Crippen molar-refractivity contribution in [1.29, 1.82) is 0 Å². The minimum absolute atomic E-state index is 0.00688. The average molecular weight is 361 g/mol. The molecule has 0 aliphatic heterocycles. The van der Waals surface area contributed by atoms with Gasteiger partial charge >= 0.3 is 0 Å². The molecule has 2 rings (SSSR count). The van der Waals surface area contributed by atoms with Crippen molar-refractivity contribution in [1.82, 2.24) is 5.32 Å². The topological polar surface area (TPSA) is 38.3 Å². The SMILES string of the molecule is CC[C@@H](NC(=O)CSCc1ccc(F)cc1)c1ccc(OC)c(C)c1. The zero-order chi connectivity index (χ0) is 18.2. The van der Waals surface area contributed by atoms with Crippen molar-refractivity contribution in [3.05, 3.63) is 65.0 Å². The maximum Gasteiger partial charge on any atom is 0.230 e. The molecule has 0 aromatic heterocycles. The number of carbonyl (C=O) groups excluding carboxylic acids is 1. The van der Waals surface area contributed by atoms with Crippen LogP contribution in [0.2, 0.25) is 0 Å². The molecule has 0 aliphatic rings. The summed E-state index contributed by atoms with van der Waals surface area (Å²) in [7, 11) is 1.65. The molecule has 0 fully saturated rings. The van der Waals surface area contributed by atoms with Crippen molar-refractivity contribution in [2.75, 3.05) is 12.9 Å². The van der Waals surface area contributed by atoms with Crippen molar-refractivity contribution in [3.63, 3.8) is 0 Å². The van der Waals surface area contributed by atoms with E-state index in [2.05, 4.69) is 18.3 Å². The molecule has 1 amide bonds. The van der Waals surface area contributed by atoms with E-state index in [9.17, 15) is 9.18 Å². The van der Waals surface area contributed by atoms with Gasteiger partial charge in [0.15, 0.2) is 0 Å². The molecule has 5 heteroatoms. The number of halogens is 1. The standard InChI is InChI=1S/C20H24FNO2S/c1-4-18(16-7-10-19(24-3)14(2)11-16)22-20(23)13-25-12-15-5-8-17(21)9-6-15/h5-11,18H,4,12-13H2,1-3H3,(H,22,23)/t18-/m1/s1. The van der Waals surface area contributed by atoms with Crippen LogP contribution >= 0.6 is 11.8 Å². The van der Waals surface area contributed by atoms with Gasteiger partial charge in [0.25, 0.3) is 0 Å². The molecule has 0 radical (unpaired) electrons. The Balaban J connectivity index is 1.86. The smallest absolute Gasteiger partial charge is 0.230 e. The van der Waals surface area contributed by atoms with Gasteiger partial charge in [-0.2, -0.15) is 0 Å². The van der Waals surface area contributed by atoms with E-state index in [-0.39, 0.29) is 17.8 Å². The Hall–Kier alpha value is -2.01. The lowest BCUT2D eigenvalue weighted by Gasteiger charge is -2.19. The minimum atomic E-state index is -0.243. The molecular formula is C20H24FNO2S. The molecule has 0 saturated carbocycles. The molecule has 1 N–H and O–H groups in total. The van der Waals surface area contributed by atoms with Crippen LogP contribution < -0.4 is 10.1 Å². The summed E-state index contributed by atoms with van der Waals surface area (Å²) in [5, 5.41) is 3.08. The van der Waals surface area contributed by atoms with E-state index in [0.717, 1.165) is 28.9 Å². The molecule has 0 heterocycles. The summed E-state index contributed by atoms with van der Waals surface area (Å²) >= 11 is 1.52. The second kappa shape index (κ2) is 9.47. The highest BCUT2D eigenvalue weighted by atomic mass is 32.2. The monoisotopic (exact) mass is 361 g/mol. The summed E-state index contributed by atoms with van der Waals surface area (Å²) in [5.74, 6) is 1.68. The van der Waals surface area contributed by atoms with Gasteiger partial charge in [0.05, 0.1) is 18.9 Å². The summed E-state index contributed by atoms with van der Waals surface area (Å²) in [6.45, 7) is 4.05. The van der Waals surface area contributed by atoms with Crippen molar-refractivity contribution in [3.8, 4) is 5.75 Å². The number of benzene rings is 2. The van der Waals surface area contributed by atoms with E-state index in [1.165, 1.54) is 23.9 Å². The number of hydrogen-bond acceptors (Lipinski definition) is 3. The number of rotatable bonds is 8. The van der Waals surface area contributed by atoms with Gasteiger partial charge in [0.2, 0.25) is 5.91 Å². The van der Waals surface area contributed by atoms with E-state index in [0.29, 0.717) is 11.5 Å². The van der Waals surface area contributed by atoms with Crippen molar-refractivity contribution >= 4 is 17.7 Å². The molecule has 2 aromatic rings. The van der Waals surface area contributed by atoms with Crippen LogP contribution in [0.15, 0.2) is 42.5 Å². The highest BCUT2D eigenvalue weighted by Gasteiger charge is 2.14. The van der Waals surface area contributed by atoms with Gasteiger partial charge in [-0.25, -0.2) is 4.39 Å². The molecule has 0 saturated heterocycles. The van der Waals surface area contributed by atoms with E-state index >= 15 is 0 Å². The fourth-order valence-corrected chi connectivity index (χ4v) is 3.42. The Kier molecular flexibility index (Phi) is 7.31. The number of hydrogen-bond donors (Lipinski definition) is 1. The Bertz CT molecular complexity index is 703. The lowest BCUT2D eigenvalue weighted by Crippen LogP contribution is -2.29. The number of ether oxygens (including phenoxy) is 1. The van der Waals surface area contributed by atoms with E-state index in [4.69, 9.17) is 4.74 Å². The first kappa shape index (κ1) is 19.3. The van der Waals surface area contributed by atoms with Crippen LogP contribution in [-0.4, -0.2) is 18.8 Å². The molecule has 0 bridgehead atoms. The number of amides is 1. The van der Waals surface area contributed by atoms with Crippen LogP contribution in [0, 0.1) is 12.7 Å².